The zero-order chi connectivity index (χ0) is 13.0. The Kier molecular flexibility index (Phi) is 4.33. The fraction of sp³-hybridized carbons (Fsp3) is 0.500. The molecule has 0 aromatic carbocycles. The summed E-state index contributed by atoms with van der Waals surface area (Å²) in [4.78, 5) is 26.1. The Morgan fingerprint density at radius 1 is 1.61 bits per heavy atom. The molecule has 1 atom stereocenters. The van der Waals surface area contributed by atoms with E-state index >= 15 is 0 Å². The molecule has 0 saturated carbocycles. The summed E-state index contributed by atoms with van der Waals surface area (Å²) in [6, 6.07) is 3.75. The van der Waals surface area contributed by atoms with Crippen LogP contribution in [0, 0.1) is 0 Å². The molecule has 2 N–H and O–H groups in total. The molecule has 5 nitrogen and oxygen atoms in total. The van der Waals surface area contributed by atoms with Crippen LogP contribution in [0.5, 0.6) is 0 Å². The highest BCUT2D eigenvalue weighted by Gasteiger charge is 2.23. The normalized spacial score (nSPS) is 19.6. The standard InChI is InChI=1S/C12H17N3O2S/c1-9-7-13-4-5-15(9)11(16)8-14-12(17)10-3-2-6-18-10/h2-3,6,9,13H,4-5,7-8H2,1H3,(H,14,17)/t9-/m1/s1. The molecule has 2 heterocycles. The van der Waals surface area contributed by atoms with Gasteiger partial charge in [-0.3, -0.25) is 9.59 Å². The first-order valence-corrected chi connectivity index (χ1v) is 6.88. The number of nitrogens with one attached hydrogen (secondary N) is 2. The predicted octanol–water partition coefficient (Wildman–Crippen LogP) is 0.298. The molecule has 1 aromatic heterocycles. The van der Waals surface area contributed by atoms with E-state index in [0.29, 0.717) is 11.4 Å². The fourth-order valence-electron chi connectivity index (χ4n) is 1.96. The molecule has 1 saturated heterocycles. The number of rotatable bonds is 3. The van der Waals surface area contributed by atoms with Gasteiger partial charge in [-0.1, -0.05) is 6.07 Å². The summed E-state index contributed by atoms with van der Waals surface area (Å²) in [5.41, 5.74) is 0. The molecule has 0 radical (unpaired) electrons. The number of hydrogen-bond acceptors (Lipinski definition) is 4. The predicted molar refractivity (Wildman–Crippen MR) is 70.7 cm³/mol. The van der Waals surface area contributed by atoms with E-state index in [4.69, 9.17) is 0 Å². The second kappa shape index (κ2) is 5.97. The molecule has 6 heteroatoms. The van der Waals surface area contributed by atoms with Crippen molar-refractivity contribution in [2.45, 2.75) is 13.0 Å². The molecule has 0 bridgehead atoms. The van der Waals surface area contributed by atoms with Gasteiger partial charge in [0.1, 0.15) is 0 Å². The molecular weight excluding hydrogens is 250 g/mol. The SMILES string of the molecule is C[C@@H]1CNCCN1C(=O)CNC(=O)c1cccs1. The van der Waals surface area contributed by atoms with Crippen LogP contribution in [0.4, 0.5) is 0 Å². The van der Waals surface area contributed by atoms with Gasteiger partial charge in [-0.05, 0) is 18.4 Å². The molecule has 0 spiro atoms. The molecule has 0 unspecified atom stereocenters. The minimum atomic E-state index is -0.180. The molecule has 2 amide bonds. The van der Waals surface area contributed by atoms with Gasteiger partial charge in [0.25, 0.3) is 5.91 Å². The van der Waals surface area contributed by atoms with E-state index in [1.165, 1.54) is 11.3 Å². The quantitative estimate of drug-likeness (QED) is 0.828. The molecule has 98 valence electrons. The van der Waals surface area contributed by atoms with Gasteiger partial charge in [-0.25, -0.2) is 0 Å². The van der Waals surface area contributed by atoms with E-state index in [0.717, 1.165) is 13.1 Å². The van der Waals surface area contributed by atoms with Crippen molar-refractivity contribution in [2.75, 3.05) is 26.2 Å². The van der Waals surface area contributed by atoms with Crippen LogP contribution in [0.25, 0.3) is 0 Å². The summed E-state index contributed by atoms with van der Waals surface area (Å²) in [6.45, 7) is 4.40. The van der Waals surface area contributed by atoms with Crippen LogP contribution in [0.2, 0.25) is 0 Å². The van der Waals surface area contributed by atoms with Crippen LogP contribution in [0.1, 0.15) is 16.6 Å². The van der Waals surface area contributed by atoms with Crippen molar-refractivity contribution in [1.29, 1.82) is 0 Å². The van der Waals surface area contributed by atoms with E-state index in [-0.39, 0.29) is 24.4 Å². The van der Waals surface area contributed by atoms with Crippen molar-refractivity contribution in [3.8, 4) is 0 Å². The third-order valence-electron chi connectivity index (χ3n) is 2.97. The van der Waals surface area contributed by atoms with Crippen LogP contribution in [-0.2, 0) is 4.79 Å². The van der Waals surface area contributed by atoms with Gasteiger partial charge < -0.3 is 15.5 Å². The monoisotopic (exact) mass is 267 g/mol. The van der Waals surface area contributed by atoms with Crippen molar-refractivity contribution in [2.24, 2.45) is 0 Å². The van der Waals surface area contributed by atoms with Crippen LogP contribution in [0.15, 0.2) is 17.5 Å². The molecule has 1 aliphatic heterocycles. The number of carbonyl (C=O) groups excluding carboxylic acids is 2. The van der Waals surface area contributed by atoms with Crippen molar-refractivity contribution in [3.05, 3.63) is 22.4 Å². The van der Waals surface area contributed by atoms with Crippen molar-refractivity contribution in [3.63, 3.8) is 0 Å². The second-order valence-corrected chi connectivity index (χ2v) is 5.25. The Hall–Kier alpha value is -1.40. The molecule has 1 aromatic rings. The van der Waals surface area contributed by atoms with Gasteiger partial charge in [0, 0.05) is 25.7 Å². The zero-order valence-electron chi connectivity index (χ0n) is 10.3. The van der Waals surface area contributed by atoms with Crippen LogP contribution >= 0.6 is 11.3 Å². The Balaban J connectivity index is 1.82. The summed E-state index contributed by atoms with van der Waals surface area (Å²) in [5, 5.41) is 7.73. The Morgan fingerprint density at radius 3 is 3.11 bits per heavy atom. The smallest absolute Gasteiger partial charge is 0.261 e. The topological polar surface area (TPSA) is 61.4 Å². The molecule has 1 fully saturated rings. The highest BCUT2D eigenvalue weighted by atomic mass is 32.1. The summed E-state index contributed by atoms with van der Waals surface area (Å²) in [6.07, 6.45) is 0. The molecule has 2 rings (SSSR count). The van der Waals surface area contributed by atoms with Gasteiger partial charge in [-0.2, -0.15) is 0 Å². The second-order valence-electron chi connectivity index (χ2n) is 4.30. The first-order valence-electron chi connectivity index (χ1n) is 6.00. The Morgan fingerprint density at radius 2 is 2.44 bits per heavy atom. The minimum Gasteiger partial charge on any atom is -0.342 e. The highest BCUT2D eigenvalue weighted by Crippen LogP contribution is 2.08. The maximum atomic E-state index is 12.0. The van der Waals surface area contributed by atoms with Crippen LogP contribution in [-0.4, -0.2) is 48.9 Å². The number of carbonyl (C=O) groups is 2. The minimum absolute atomic E-state index is 0.0195. The first kappa shape index (κ1) is 13.0. The van der Waals surface area contributed by atoms with Gasteiger partial charge in [0.05, 0.1) is 11.4 Å². The first-order chi connectivity index (χ1) is 8.68. The van der Waals surface area contributed by atoms with E-state index in [9.17, 15) is 9.59 Å². The van der Waals surface area contributed by atoms with E-state index in [1.807, 2.05) is 23.3 Å². The average molecular weight is 267 g/mol. The van der Waals surface area contributed by atoms with Crippen molar-refractivity contribution >= 4 is 23.2 Å². The van der Waals surface area contributed by atoms with E-state index in [2.05, 4.69) is 10.6 Å². The fourth-order valence-corrected chi connectivity index (χ4v) is 2.60. The number of thiophene rings is 1. The van der Waals surface area contributed by atoms with Crippen LogP contribution in [0.3, 0.4) is 0 Å². The van der Waals surface area contributed by atoms with Gasteiger partial charge in [0.2, 0.25) is 5.91 Å². The van der Waals surface area contributed by atoms with E-state index < -0.39 is 0 Å². The maximum absolute atomic E-state index is 12.0. The lowest BCUT2D eigenvalue weighted by Gasteiger charge is -2.34. The largest absolute Gasteiger partial charge is 0.342 e. The molecule has 18 heavy (non-hydrogen) atoms. The number of piperazine rings is 1. The summed E-state index contributed by atoms with van der Waals surface area (Å²) in [5.74, 6) is -0.199. The van der Waals surface area contributed by atoms with Crippen LogP contribution < -0.4 is 10.6 Å². The lowest BCUT2D eigenvalue weighted by atomic mass is 10.2. The van der Waals surface area contributed by atoms with Gasteiger partial charge in [-0.15, -0.1) is 11.3 Å². The molecule has 0 aliphatic carbocycles. The van der Waals surface area contributed by atoms with Gasteiger partial charge >= 0.3 is 0 Å². The van der Waals surface area contributed by atoms with Crippen molar-refractivity contribution < 1.29 is 9.59 Å². The number of amides is 2. The summed E-state index contributed by atoms with van der Waals surface area (Å²) in [7, 11) is 0. The lowest BCUT2D eigenvalue weighted by Crippen LogP contribution is -2.54. The highest BCUT2D eigenvalue weighted by molar-refractivity contribution is 7.12. The third kappa shape index (κ3) is 3.08. The van der Waals surface area contributed by atoms with Gasteiger partial charge in [0.15, 0.2) is 0 Å². The lowest BCUT2D eigenvalue weighted by molar-refractivity contribution is -0.132. The number of hydrogen-bond donors (Lipinski definition) is 2. The number of nitrogens with zero attached hydrogens (tertiary/aromatic N) is 1. The van der Waals surface area contributed by atoms with E-state index in [1.54, 1.807) is 6.07 Å². The zero-order valence-corrected chi connectivity index (χ0v) is 11.1. The maximum Gasteiger partial charge on any atom is 0.261 e. The van der Waals surface area contributed by atoms with Crippen molar-refractivity contribution in [1.82, 2.24) is 15.5 Å². The average Bonchev–Trinajstić information content (AvgIpc) is 2.90. The molecule has 1 aliphatic rings. The summed E-state index contributed by atoms with van der Waals surface area (Å²) < 4.78 is 0. The third-order valence-corrected chi connectivity index (χ3v) is 3.84. The molecular formula is C12H17N3O2S. The summed E-state index contributed by atoms with van der Waals surface area (Å²) >= 11 is 1.37. The Labute approximate surface area is 110 Å². The Bertz CT molecular complexity index is 419.